The first-order valence-corrected chi connectivity index (χ1v) is 26.2. The highest BCUT2D eigenvalue weighted by molar-refractivity contribution is 7.91. The van der Waals surface area contributed by atoms with Crippen molar-refractivity contribution >= 4 is 68.0 Å². The molecule has 2 saturated heterocycles. The highest BCUT2D eigenvalue weighted by Crippen LogP contribution is 2.43. The first kappa shape index (κ1) is 49.1. The molecule has 0 spiro atoms. The van der Waals surface area contributed by atoms with Crippen LogP contribution in [0.4, 0.5) is 16.3 Å². The fourth-order valence-corrected chi connectivity index (χ4v) is 12.6. The second-order valence-electron chi connectivity index (χ2n) is 19.0. The van der Waals surface area contributed by atoms with Gasteiger partial charge >= 0.3 is 6.03 Å². The van der Waals surface area contributed by atoms with Crippen LogP contribution in [0.5, 0.6) is 5.75 Å². The van der Waals surface area contributed by atoms with Gasteiger partial charge in [-0.15, -0.1) is 0 Å². The molecule has 4 amide bonds. The Morgan fingerprint density at radius 2 is 1.68 bits per heavy atom. The number of nitrogens with one attached hydrogen (secondary N) is 1. The zero-order valence-corrected chi connectivity index (χ0v) is 41.0. The number of fused-ring (bicyclic) bond motifs is 2. The van der Waals surface area contributed by atoms with E-state index in [1.165, 1.54) is 4.90 Å². The van der Waals surface area contributed by atoms with Crippen molar-refractivity contribution in [3.8, 4) is 5.75 Å². The minimum atomic E-state index is -3.26. The minimum absolute atomic E-state index is 0.00912. The number of primary amides is 1. The summed E-state index contributed by atoms with van der Waals surface area (Å²) < 4.78 is 37.5. The van der Waals surface area contributed by atoms with Crippen LogP contribution in [-0.2, 0) is 30.6 Å². The zero-order valence-electron chi connectivity index (χ0n) is 39.4. The summed E-state index contributed by atoms with van der Waals surface area (Å²) in [6.07, 6.45) is 9.28. The van der Waals surface area contributed by atoms with Gasteiger partial charge in [-0.3, -0.25) is 14.5 Å². The Labute approximate surface area is 404 Å². The number of carbonyl (C=O) groups excluding carboxylic acids is 4. The molecule has 8 rings (SSSR count). The van der Waals surface area contributed by atoms with Crippen LogP contribution in [0, 0.1) is 24.7 Å². The van der Waals surface area contributed by atoms with E-state index in [2.05, 4.69) is 16.3 Å². The maximum Gasteiger partial charge on any atom is 0.319 e. The molecule has 0 bridgehead atoms. The number of methoxy groups -OCH3 is 1. The lowest BCUT2D eigenvalue weighted by Gasteiger charge is -2.36. The van der Waals surface area contributed by atoms with Crippen LogP contribution in [0.3, 0.4) is 0 Å². The van der Waals surface area contributed by atoms with Crippen molar-refractivity contribution in [1.29, 1.82) is 0 Å². The van der Waals surface area contributed by atoms with Crippen LogP contribution in [0.1, 0.15) is 116 Å². The molecule has 0 radical (unpaired) electrons. The number of carbonyl (C=O) groups is 4. The molecule has 0 unspecified atom stereocenters. The number of urea groups is 1. The zero-order chi connectivity index (χ0) is 48.1. The monoisotopic (exact) mass is 969 g/mol. The van der Waals surface area contributed by atoms with Gasteiger partial charge in [0.2, 0.25) is 5.91 Å². The van der Waals surface area contributed by atoms with Crippen LogP contribution < -0.4 is 20.7 Å². The number of nitrogens with zero attached hydrogens (tertiary/aromatic N) is 5. The summed E-state index contributed by atoms with van der Waals surface area (Å²) in [6.45, 7) is 8.06. The molecule has 17 heteroatoms. The van der Waals surface area contributed by atoms with Gasteiger partial charge in [0.25, 0.3) is 5.91 Å². The van der Waals surface area contributed by atoms with Crippen LogP contribution in [-0.4, -0.2) is 111 Å². The largest absolute Gasteiger partial charge is 0.496 e. The third-order valence-corrected chi connectivity index (χ3v) is 16.8. The molecule has 1 aromatic heterocycles. The average Bonchev–Trinajstić information content (AvgIpc) is 3.66. The number of amides is 4. The maximum atomic E-state index is 13.9. The third-order valence-electron chi connectivity index (χ3n) is 14.7. The number of halogens is 1. The number of sulfone groups is 1. The smallest absolute Gasteiger partial charge is 0.319 e. The summed E-state index contributed by atoms with van der Waals surface area (Å²) in [6, 6.07) is 13.5. The van der Waals surface area contributed by atoms with Gasteiger partial charge in [-0.25, -0.2) is 23.2 Å². The summed E-state index contributed by atoms with van der Waals surface area (Å²) >= 11 is 6.35. The molecule has 3 aliphatic heterocycles. The van der Waals surface area contributed by atoms with E-state index >= 15 is 0 Å². The van der Waals surface area contributed by atoms with E-state index in [1.54, 1.807) is 31.4 Å². The summed E-state index contributed by atoms with van der Waals surface area (Å²) in [7, 11) is -1.57. The van der Waals surface area contributed by atoms with E-state index in [0.29, 0.717) is 78.6 Å². The van der Waals surface area contributed by atoms with Gasteiger partial charge in [-0.1, -0.05) is 23.7 Å². The van der Waals surface area contributed by atoms with Gasteiger partial charge < -0.3 is 35.1 Å². The molecule has 3 aromatic carbocycles. The molecule has 364 valence electrons. The highest BCUT2D eigenvalue weighted by atomic mass is 35.5. The number of aromatic nitrogens is 2. The number of nitrogens with two attached hydrogens (primary N) is 1. The number of anilines is 2. The Bertz CT molecular complexity index is 2620. The van der Waals surface area contributed by atoms with Gasteiger partial charge in [-0.05, 0) is 143 Å². The molecular weight excluding hydrogens is 906 g/mol. The highest BCUT2D eigenvalue weighted by Gasteiger charge is 2.34. The Morgan fingerprint density at radius 3 is 2.38 bits per heavy atom. The van der Waals surface area contributed by atoms with E-state index in [4.69, 9.17) is 36.8 Å². The second-order valence-corrected chi connectivity index (χ2v) is 21.5. The standard InChI is InChI=1S/C51H64ClN7O8S/c1-32(39-6-4-7-47-40(39)19-27-68(47,64)65)54-48-42-29-41(46(66-3)30-44(42)55-33(2)56-48)36-8-10-37(11-9-36)49(61)57-21-14-34(15-22-57)18-26-67-31-35-16-23-58(24-17-35)50(62)38-12-13-43(52)45(28-38)59(51(53)63)20-5-25-60/h4,6-7,12-13,25,28-30,32,34-37H,5,8-11,14-24,26-27,31H2,1-3H3,(H2,53,63)(H,54,55,56)/t32-,36?,37?/m1/s1. The topological polar surface area (TPSA) is 194 Å². The Kier molecular flexibility index (Phi) is 15.6. The van der Waals surface area contributed by atoms with Gasteiger partial charge in [0.15, 0.2) is 9.84 Å². The molecule has 1 aliphatic carbocycles. The lowest BCUT2D eigenvalue weighted by molar-refractivity contribution is -0.138. The lowest BCUT2D eigenvalue weighted by atomic mass is 9.77. The van der Waals surface area contributed by atoms with Crippen molar-refractivity contribution in [2.75, 3.05) is 69.0 Å². The first-order chi connectivity index (χ1) is 32.7. The van der Waals surface area contributed by atoms with Gasteiger partial charge in [0.05, 0.1) is 40.0 Å². The van der Waals surface area contributed by atoms with Crippen molar-refractivity contribution in [1.82, 2.24) is 19.8 Å². The molecule has 3 fully saturated rings. The van der Waals surface area contributed by atoms with Crippen molar-refractivity contribution in [3.63, 3.8) is 0 Å². The van der Waals surface area contributed by atoms with Crippen molar-refractivity contribution in [2.24, 2.45) is 23.5 Å². The second kappa shape index (κ2) is 21.5. The fourth-order valence-electron chi connectivity index (χ4n) is 10.8. The number of ether oxygens (including phenoxy) is 2. The summed E-state index contributed by atoms with van der Waals surface area (Å²) in [5, 5.41) is 4.76. The molecule has 4 aromatic rings. The van der Waals surface area contributed by atoms with Crippen molar-refractivity contribution < 1.29 is 37.1 Å². The normalized spacial score (nSPS) is 20.2. The Morgan fingerprint density at radius 1 is 0.956 bits per heavy atom. The molecule has 1 saturated carbocycles. The third kappa shape index (κ3) is 10.9. The summed E-state index contributed by atoms with van der Waals surface area (Å²) in [5.41, 5.74) is 9.97. The number of aryl methyl sites for hydroxylation is 1. The van der Waals surface area contributed by atoms with Gasteiger partial charge in [-0.2, -0.15) is 0 Å². The molecule has 3 N–H and O–H groups in total. The van der Waals surface area contributed by atoms with Crippen LogP contribution in [0.25, 0.3) is 10.9 Å². The predicted molar refractivity (Wildman–Crippen MR) is 262 cm³/mol. The molecular formula is C51H64ClN7O8S. The lowest BCUT2D eigenvalue weighted by Crippen LogP contribution is -2.42. The molecule has 4 heterocycles. The maximum absolute atomic E-state index is 13.9. The van der Waals surface area contributed by atoms with Crippen molar-refractivity contribution in [3.05, 3.63) is 81.6 Å². The Balaban J connectivity index is 0.774. The van der Waals surface area contributed by atoms with Gasteiger partial charge in [0, 0.05) is 75.3 Å². The average molecular weight is 971 g/mol. The van der Waals surface area contributed by atoms with E-state index < -0.39 is 15.9 Å². The predicted octanol–water partition coefficient (Wildman–Crippen LogP) is 8.05. The Hall–Kier alpha value is -5.32. The van der Waals surface area contributed by atoms with Gasteiger partial charge in [0.1, 0.15) is 23.7 Å². The van der Waals surface area contributed by atoms with Crippen molar-refractivity contribution in [2.45, 2.75) is 101 Å². The fraction of sp³-hybridized carbons (Fsp3) is 0.529. The van der Waals surface area contributed by atoms with Crippen LogP contribution >= 0.6 is 11.6 Å². The van der Waals surface area contributed by atoms with Crippen LogP contribution in [0.2, 0.25) is 5.02 Å². The number of likely N-dealkylation sites (tertiary alicyclic amines) is 2. The number of piperidine rings is 2. The SMILES string of the molecule is COc1cc2nc(C)nc(N[C@H](C)c3cccc4c3CCS4(=O)=O)c2cc1C1CCC(C(=O)N2CCC(CCOCC3CCN(C(=O)c4ccc(Cl)c(N(CCC=O)C(N)=O)c4)CC3)CC2)CC1. The quantitative estimate of drug-likeness (QED) is 0.0815. The number of hydrogen-bond donors (Lipinski definition) is 2. The summed E-state index contributed by atoms with van der Waals surface area (Å²) in [4.78, 5) is 65.4. The molecule has 68 heavy (non-hydrogen) atoms. The van der Waals surface area contributed by atoms with E-state index in [0.717, 1.165) is 104 Å². The van der Waals surface area contributed by atoms with E-state index in [-0.39, 0.29) is 53.4 Å². The molecule has 1 atom stereocenters. The number of hydrogen-bond acceptors (Lipinski definition) is 11. The summed E-state index contributed by atoms with van der Waals surface area (Å²) in [5.74, 6) is 3.49. The first-order valence-electron chi connectivity index (χ1n) is 24.2. The van der Waals surface area contributed by atoms with Crippen LogP contribution in [0.15, 0.2) is 53.4 Å². The minimum Gasteiger partial charge on any atom is -0.496 e. The number of benzene rings is 3. The molecule has 15 nitrogen and oxygen atoms in total. The van der Waals surface area contributed by atoms with E-state index in [1.807, 2.05) is 36.9 Å². The number of rotatable bonds is 16. The number of aldehydes is 1. The van der Waals surface area contributed by atoms with E-state index in [9.17, 15) is 27.6 Å². The molecule has 4 aliphatic rings.